The van der Waals surface area contributed by atoms with Gasteiger partial charge < -0.3 is 14.7 Å². The van der Waals surface area contributed by atoms with Gasteiger partial charge in [-0.1, -0.05) is 24.3 Å². The summed E-state index contributed by atoms with van der Waals surface area (Å²) in [6.45, 7) is 0.127. The van der Waals surface area contributed by atoms with Crippen molar-refractivity contribution in [3.8, 4) is 16.9 Å². The molecule has 1 aliphatic heterocycles. The van der Waals surface area contributed by atoms with Crippen molar-refractivity contribution in [2.75, 3.05) is 20.2 Å². The van der Waals surface area contributed by atoms with Gasteiger partial charge in [0.15, 0.2) is 0 Å². The Labute approximate surface area is 196 Å². The molecule has 0 bridgehead atoms. The van der Waals surface area contributed by atoms with Crippen LogP contribution in [0.5, 0.6) is 5.75 Å². The molecule has 0 unspecified atom stereocenters. The molecule has 2 aromatic rings. The number of amides is 1. The molecular weight excluding hydrogens is 480 g/mol. The van der Waals surface area contributed by atoms with Crippen molar-refractivity contribution in [2.24, 2.45) is 5.92 Å². The maximum absolute atomic E-state index is 14.0. The molecule has 3 rings (SSSR count). The van der Waals surface area contributed by atoms with Gasteiger partial charge in [-0.3, -0.25) is 9.59 Å². The number of para-hydroxylation sites is 1. The molecule has 1 saturated heterocycles. The second kappa shape index (κ2) is 10.0. The molecule has 1 N–H and O–H groups in total. The normalized spacial score (nSPS) is 15.5. The van der Waals surface area contributed by atoms with Crippen molar-refractivity contribution >= 4 is 18.0 Å². The third-order valence-electron chi connectivity index (χ3n) is 5.78. The molecule has 2 aromatic carbocycles. The minimum Gasteiger partial charge on any atom is -0.496 e. The highest BCUT2D eigenvalue weighted by Gasteiger charge is 2.45. The first-order valence-corrected chi connectivity index (χ1v) is 10.5. The van der Waals surface area contributed by atoms with Crippen LogP contribution in [0.25, 0.3) is 17.2 Å². The average Bonchev–Trinajstić information content (AvgIpc) is 2.80. The van der Waals surface area contributed by atoms with Crippen molar-refractivity contribution in [1.82, 2.24) is 4.90 Å². The van der Waals surface area contributed by atoms with Gasteiger partial charge in [-0.05, 0) is 42.2 Å². The van der Waals surface area contributed by atoms with Crippen molar-refractivity contribution in [1.29, 1.82) is 0 Å². The van der Waals surface area contributed by atoms with Gasteiger partial charge in [-0.25, -0.2) is 0 Å². The summed E-state index contributed by atoms with van der Waals surface area (Å²) >= 11 is 0. The number of carbonyl (C=O) groups is 2. The number of piperidine rings is 1. The Morgan fingerprint density at radius 3 is 2.14 bits per heavy atom. The van der Waals surface area contributed by atoms with Crippen molar-refractivity contribution in [2.45, 2.75) is 25.2 Å². The fourth-order valence-corrected chi connectivity index (χ4v) is 4.04. The number of alkyl halides is 6. The number of halogens is 6. The molecule has 11 heteroatoms. The zero-order valence-corrected chi connectivity index (χ0v) is 18.4. The quantitative estimate of drug-likeness (QED) is 0.420. The van der Waals surface area contributed by atoms with Gasteiger partial charge in [0.2, 0.25) is 5.91 Å². The van der Waals surface area contributed by atoms with E-state index < -0.39 is 46.8 Å². The molecule has 188 valence electrons. The third kappa shape index (κ3) is 5.77. The fraction of sp³-hybridized carbons (Fsp3) is 0.333. The molecule has 1 heterocycles. The second-order valence-electron chi connectivity index (χ2n) is 7.92. The van der Waals surface area contributed by atoms with Crippen LogP contribution in [0.4, 0.5) is 26.3 Å². The Morgan fingerprint density at radius 1 is 0.971 bits per heavy atom. The number of likely N-dealkylation sites (tertiary alicyclic amines) is 1. The lowest BCUT2D eigenvalue weighted by molar-refractivity contribution is -0.162. The number of carboxylic acid groups (broad SMARTS) is 1. The smallest absolute Gasteiger partial charge is 0.417 e. The van der Waals surface area contributed by atoms with Gasteiger partial charge in [-0.2, -0.15) is 26.3 Å². The zero-order valence-electron chi connectivity index (χ0n) is 18.4. The standard InChI is InChI=1S/C24H21F6NO4/c1-35-19-5-3-2-4-16(19)15-6-8-18(23(25,26)27)21(24(28,29)30)17(15)7-9-20(32)31-12-10-14(11-13-31)22(33)34/h2-9,14H,10-13H2,1H3,(H,33,34)/b9-7+. The average molecular weight is 501 g/mol. The Hall–Kier alpha value is -3.50. The van der Waals surface area contributed by atoms with Crippen LogP contribution in [0.2, 0.25) is 0 Å². The SMILES string of the molecule is COc1ccccc1-c1ccc(C(F)(F)F)c(C(F)(F)F)c1/C=C/C(=O)N1CCC(C(=O)O)CC1. The largest absolute Gasteiger partial charge is 0.496 e. The van der Waals surface area contributed by atoms with E-state index in [-0.39, 0.29) is 42.8 Å². The molecule has 0 radical (unpaired) electrons. The van der Waals surface area contributed by atoms with Gasteiger partial charge in [-0.15, -0.1) is 0 Å². The molecule has 1 aliphatic rings. The third-order valence-corrected chi connectivity index (χ3v) is 5.78. The number of ether oxygens (including phenoxy) is 1. The van der Waals surface area contributed by atoms with Crippen molar-refractivity contribution < 1.29 is 45.8 Å². The number of nitrogens with zero attached hydrogens (tertiary/aromatic N) is 1. The first kappa shape index (κ1) is 26.1. The topological polar surface area (TPSA) is 66.8 Å². The van der Waals surface area contributed by atoms with E-state index in [9.17, 15) is 35.9 Å². The molecule has 0 aliphatic carbocycles. The number of rotatable bonds is 5. The van der Waals surface area contributed by atoms with Gasteiger partial charge >= 0.3 is 18.3 Å². The molecule has 0 aromatic heterocycles. The first-order chi connectivity index (χ1) is 16.3. The summed E-state index contributed by atoms with van der Waals surface area (Å²) in [5, 5.41) is 9.07. The second-order valence-corrected chi connectivity index (χ2v) is 7.92. The van der Waals surface area contributed by atoms with E-state index in [2.05, 4.69) is 0 Å². The molecule has 0 spiro atoms. The van der Waals surface area contributed by atoms with E-state index in [1.54, 1.807) is 6.07 Å². The lowest BCUT2D eigenvalue weighted by Gasteiger charge is -2.29. The van der Waals surface area contributed by atoms with E-state index in [1.165, 1.54) is 30.2 Å². The Kier molecular flexibility index (Phi) is 7.47. The van der Waals surface area contributed by atoms with E-state index in [4.69, 9.17) is 9.84 Å². The maximum Gasteiger partial charge on any atom is 0.417 e. The Morgan fingerprint density at radius 2 is 1.60 bits per heavy atom. The lowest BCUT2D eigenvalue weighted by atomic mass is 9.90. The van der Waals surface area contributed by atoms with Crippen molar-refractivity contribution in [3.63, 3.8) is 0 Å². The van der Waals surface area contributed by atoms with Gasteiger partial charge in [0.1, 0.15) is 5.75 Å². The molecule has 0 saturated carbocycles. The summed E-state index contributed by atoms with van der Waals surface area (Å²) in [6, 6.07) is 7.17. The minimum absolute atomic E-state index is 0.0637. The maximum atomic E-state index is 14.0. The summed E-state index contributed by atoms with van der Waals surface area (Å²) in [4.78, 5) is 25.0. The number of methoxy groups -OCH3 is 1. The summed E-state index contributed by atoms with van der Waals surface area (Å²) in [5.74, 6) is -2.24. The summed E-state index contributed by atoms with van der Waals surface area (Å²) < 4.78 is 87.8. The summed E-state index contributed by atoms with van der Waals surface area (Å²) in [7, 11) is 1.27. The molecule has 35 heavy (non-hydrogen) atoms. The molecule has 1 fully saturated rings. The zero-order chi connectivity index (χ0) is 26.0. The van der Waals surface area contributed by atoms with E-state index in [1.807, 2.05) is 0 Å². The molecule has 1 amide bonds. The number of hydrogen-bond acceptors (Lipinski definition) is 3. The van der Waals surface area contributed by atoms with Crippen molar-refractivity contribution in [3.05, 3.63) is 59.2 Å². The minimum atomic E-state index is -5.38. The van der Waals surface area contributed by atoms with Crippen LogP contribution in [0.15, 0.2) is 42.5 Å². The highest BCUT2D eigenvalue weighted by Crippen LogP contribution is 2.46. The lowest BCUT2D eigenvalue weighted by Crippen LogP contribution is -2.39. The molecule has 0 atom stereocenters. The Balaban J connectivity index is 2.13. The van der Waals surface area contributed by atoms with E-state index in [0.717, 1.165) is 18.2 Å². The van der Waals surface area contributed by atoms with E-state index in [0.29, 0.717) is 6.07 Å². The van der Waals surface area contributed by atoms with Crippen LogP contribution in [0, 0.1) is 5.92 Å². The van der Waals surface area contributed by atoms with Crippen LogP contribution in [0.1, 0.15) is 29.5 Å². The fourth-order valence-electron chi connectivity index (χ4n) is 4.04. The monoisotopic (exact) mass is 501 g/mol. The van der Waals surface area contributed by atoms with Gasteiger partial charge in [0.25, 0.3) is 0 Å². The number of carbonyl (C=O) groups excluding carboxylic acids is 1. The number of carboxylic acids is 1. The van der Waals surface area contributed by atoms with Crippen LogP contribution in [-0.2, 0) is 21.9 Å². The number of aliphatic carboxylic acids is 1. The van der Waals surface area contributed by atoms with Crippen LogP contribution in [0.3, 0.4) is 0 Å². The van der Waals surface area contributed by atoms with Crippen LogP contribution >= 0.6 is 0 Å². The molecular formula is C24H21F6NO4. The predicted octanol–water partition coefficient (Wildman–Crippen LogP) is 5.74. The first-order valence-electron chi connectivity index (χ1n) is 10.5. The van der Waals surface area contributed by atoms with Gasteiger partial charge in [0.05, 0.1) is 24.2 Å². The highest BCUT2D eigenvalue weighted by atomic mass is 19.4. The van der Waals surface area contributed by atoms with Crippen LogP contribution < -0.4 is 4.74 Å². The van der Waals surface area contributed by atoms with Crippen LogP contribution in [-0.4, -0.2) is 42.1 Å². The number of benzene rings is 2. The summed E-state index contributed by atoms with van der Waals surface area (Å²) in [6.07, 6.45) is -8.84. The Bertz CT molecular complexity index is 1130. The molecule has 5 nitrogen and oxygen atoms in total. The van der Waals surface area contributed by atoms with Gasteiger partial charge in [0, 0.05) is 24.7 Å². The highest BCUT2D eigenvalue weighted by molar-refractivity contribution is 5.94. The van der Waals surface area contributed by atoms with E-state index >= 15 is 0 Å². The summed E-state index contributed by atoms with van der Waals surface area (Å²) in [5.41, 5.74) is -4.70. The number of hydrogen-bond donors (Lipinski definition) is 1. The predicted molar refractivity (Wildman–Crippen MR) is 114 cm³/mol.